The average molecular weight is 231 g/mol. The van der Waals surface area contributed by atoms with E-state index >= 15 is 0 Å². The minimum Gasteiger partial charge on any atom is -0.309 e. The molecule has 0 saturated carbocycles. The molecule has 0 aliphatic heterocycles. The van der Waals surface area contributed by atoms with Crippen LogP contribution in [0, 0.1) is 0 Å². The fourth-order valence-corrected chi connectivity index (χ4v) is 2.31. The van der Waals surface area contributed by atoms with Crippen molar-refractivity contribution in [2.24, 2.45) is 0 Å². The van der Waals surface area contributed by atoms with E-state index in [0.29, 0.717) is 5.15 Å². The maximum atomic E-state index is 5.93. The summed E-state index contributed by atoms with van der Waals surface area (Å²) in [7, 11) is 4.16. The van der Waals surface area contributed by atoms with Crippen molar-refractivity contribution in [3.63, 3.8) is 0 Å². The third-order valence-electron chi connectivity index (χ3n) is 1.78. The quantitative estimate of drug-likeness (QED) is 0.571. The van der Waals surface area contributed by atoms with Crippen LogP contribution in [0.4, 0.5) is 0 Å². The van der Waals surface area contributed by atoms with Crippen LogP contribution < -0.4 is 0 Å². The van der Waals surface area contributed by atoms with E-state index in [2.05, 4.69) is 24.0 Å². The second-order valence-corrected chi connectivity index (χ2v) is 4.77. The third-order valence-corrected chi connectivity index (χ3v) is 3.10. The molecule has 1 aromatic heterocycles. The molecular formula is C10H15ClN2S. The van der Waals surface area contributed by atoms with Crippen molar-refractivity contribution in [3.8, 4) is 0 Å². The molecule has 0 fully saturated rings. The van der Waals surface area contributed by atoms with Crippen LogP contribution in [0.2, 0.25) is 5.15 Å². The van der Waals surface area contributed by atoms with Crippen molar-refractivity contribution < 1.29 is 0 Å². The summed E-state index contributed by atoms with van der Waals surface area (Å²) in [6.45, 7) is 1.10. The van der Waals surface area contributed by atoms with Gasteiger partial charge < -0.3 is 4.90 Å². The lowest BCUT2D eigenvalue weighted by Gasteiger charge is -2.08. The van der Waals surface area contributed by atoms with Crippen molar-refractivity contribution in [2.75, 3.05) is 26.4 Å². The normalized spacial score (nSPS) is 10.9. The number of nitrogens with zero attached hydrogens (tertiary/aromatic N) is 2. The van der Waals surface area contributed by atoms with Gasteiger partial charge in [0.2, 0.25) is 0 Å². The molecule has 0 radical (unpaired) electrons. The Labute approximate surface area is 94.7 Å². The van der Waals surface area contributed by atoms with Gasteiger partial charge in [-0.05, 0) is 25.7 Å². The Bertz CT molecular complexity index is 279. The molecule has 2 nitrogen and oxygen atoms in total. The van der Waals surface area contributed by atoms with Crippen LogP contribution in [-0.4, -0.2) is 36.3 Å². The van der Waals surface area contributed by atoms with Crippen LogP contribution >= 0.6 is 23.4 Å². The standard InChI is InChI=1S/C10H15ClN2S/c1-13(2)6-7-14-8-9-4-3-5-12-10(9)11/h3-5H,6-8H2,1-2H3. The Balaban J connectivity index is 2.28. The van der Waals surface area contributed by atoms with Gasteiger partial charge in [-0.15, -0.1) is 0 Å². The number of halogens is 1. The highest BCUT2D eigenvalue weighted by Gasteiger charge is 1.99. The fraction of sp³-hybridized carbons (Fsp3) is 0.500. The number of pyridine rings is 1. The smallest absolute Gasteiger partial charge is 0.133 e. The second-order valence-electron chi connectivity index (χ2n) is 3.31. The first-order valence-electron chi connectivity index (χ1n) is 4.52. The topological polar surface area (TPSA) is 16.1 Å². The summed E-state index contributed by atoms with van der Waals surface area (Å²) in [6, 6.07) is 3.95. The highest BCUT2D eigenvalue weighted by atomic mass is 35.5. The van der Waals surface area contributed by atoms with Crippen LogP contribution in [0.1, 0.15) is 5.56 Å². The Morgan fingerprint density at radius 1 is 1.50 bits per heavy atom. The first-order valence-corrected chi connectivity index (χ1v) is 6.05. The zero-order chi connectivity index (χ0) is 10.4. The molecule has 14 heavy (non-hydrogen) atoms. The average Bonchev–Trinajstić information content (AvgIpc) is 2.15. The van der Waals surface area contributed by atoms with Gasteiger partial charge in [-0.2, -0.15) is 11.8 Å². The zero-order valence-electron chi connectivity index (χ0n) is 8.53. The maximum Gasteiger partial charge on any atom is 0.133 e. The van der Waals surface area contributed by atoms with Gasteiger partial charge in [0, 0.05) is 24.2 Å². The van der Waals surface area contributed by atoms with Crippen LogP contribution in [0.25, 0.3) is 0 Å². The van der Waals surface area contributed by atoms with E-state index in [1.54, 1.807) is 6.20 Å². The first-order chi connectivity index (χ1) is 6.70. The fourth-order valence-electron chi connectivity index (χ4n) is 0.956. The molecule has 1 rings (SSSR count). The number of aromatic nitrogens is 1. The van der Waals surface area contributed by atoms with Crippen LogP contribution in [0.3, 0.4) is 0 Å². The van der Waals surface area contributed by atoms with Crippen molar-refractivity contribution >= 4 is 23.4 Å². The molecule has 1 aromatic rings. The van der Waals surface area contributed by atoms with Gasteiger partial charge in [0.25, 0.3) is 0 Å². The molecular weight excluding hydrogens is 216 g/mol. The summed E-state index contributed by atoms with van der Waals surface area (Å²) in [5.41, 5.74) is 1.12. The Morgan fingerprint density at radius 3 is 2.93 bits per heavy atom. The van der Waals surface area contributed by atoms with E-state index < -0.39 is 0 Å². The molecule has 78 valence electrons. The van der Waals surface area contributed by atoms with E-state index in [0.717, 1.165) is 23.6 Å². The highest BCUT2D eigenvalue weighted by Crippen LogP contribution is 2.18. The molecule has 0 unspecified atom stereocenters. The number of hydrogen-bond donors (Lipinski definition) is 0. The zero-order valence-corrected chi connectivity index (χ0v) is 10.1. The molecule has 0 aliphatic carbocycles. The molecule has 0 aliphatic rings. The molecule has 0 spiro atoms. The summed E-state index contributed by atoms with van der Waals surface area (Å²) in [6.07, 6.45) is 1.72. The lowest BCUT2D eigenvalue weighted by molar-refractivity contribution is 0.437. The number of hydrogen-bond acceptors (Lipinski definition) is 3. The Morgan fingerprint density at radius 2 is 2.29 bits per heavy atom. The Kier molecular flexibility index (Phi) is 5.30. The van der Waals surface area contributed by atoms with Crippen LogP contribution in [-0.2, 0) is 5.75 Å². The van der Waals surface area contributed by atoms with Crippen molar-refractivity contribution in [1.82, 2.24) is 9.88 Å². The third kappa shape index (κ3) is 4.31. The second kappa shape index (κ2) is 6.27. The van der Waals surface area contributed by atoms with Gasteiger partial charge in [-0.3, -0.25) is 0 Å². The summed E-state index contributed by atoms with van der Waals surface area (Å²) in [5, 5.41) is 0.629. The predicted octanol–water partition coefficient (Wildman–Crippen LogP) is 2.53. The van der Waals surface area contributed by atoms with E-state index in [4.69, 9.17) is 11.6 Å². The van der Waals surface area contributed by atoms with Gasteiger partial charge >= 0.3 is 0 Å². The largest absolute Gasteiger partial charge is 0.309 e. The van der Waals surface area contributed by atoms with Gasteiger partial charge in [0.1, 0.15) is 5.15 Å². The number of thioether (sulfide) groups is 1. The molecule has 0 saturated heterocycles. The number of rotatable bonds is 5. The van der Waals surface area contributed by atoms with Crippen molar-refractivity contribution in [1.29, 1.82) is 0 Å². The summed E-state index contributed by atoms with van der Waals surface area (Å²) in [5.74, 6) is 2.07. The van der Waals surface area contributed by atoms with E-state index in [-0.39, 0.29) is 0 Å². The molecule has 0 bridgehead atoms. The van der Waals surface area contributed by atoms with Crippen LogP contribution in [0.15, 0.2) is 18.3 Å². The molecule has 4 heteroatoms. The summed E-state index contributed by atoms with van der Waals surface area (Å²) < 4.78 is 0. The lowest BCUT2D eigenvalue weighted by Crippen LogP contribution is -2.14. The molecule has 0 N–H and O–H groups in total. The van der Waals surface area contributed by atoms with E-state index in [1.165, 1.54) is 0 Å². The van der Waals surface area contributed by atoms with Crippen molar-refractivity contribution in [2.45, 2.75) is 5.75 Å². The summed E-state index contributed by atoms with van der Waals surface area (Å²) >= 11 is 7.81. The molecule has 1 heterocycles. The van der Waals surface area contributed by atoms with Crippen LogP contribution in [0.5, 0.6) is 0 Å². The van der Waals surface area contributed by atoms with Crippen molar-refractivity contribution in [3.05, 3.63) is 29.0 Å². The Hall–Kier alpha value is -0.250. The molecule has 0 amide bonds. The highest BCUT2D eigenvalue weighted by molar-refractivity contribution is 7.98. The van der Waals surface area contributed by atoms with Gasteiger partial charge in [0.05, 0.1) is 0 Å². The van der Waals surface area contributed by atoms with E-state index in [9.17, 15) is 0 Å². The SMILES string of the molecule is CN(C)CCSCc1cccnc1Cl. The minimum atomic E-state index is 0.629. The monoisotopic (exact) mass is 230 g/mol. The molecule has 0 aromatic carbocycles. The van der Waals surface area contributed by atoms with Gasteiger partial charge in [-0.1, -0.05) is 17.7 Å². The summed E-state index contributed by atoms with van der Waals surface area (Å²) in [4.78, 5) is 6.21. The van der Waals surface area contributed by atoms with E-state index in [1.807, 2.05) is 23.9 Å². The van der Waals surface area contributed by atoms with Gasteiger partial charge in [-0.25, -0.2) is 4.98 Å². The lowest BCUT2D eigenvalue weighted by atomic mass is 10.3. The predicted molar refractivity (Wildman–Crippen MR) is 64.0 cm³/mol. The first kappa shape index (κ1) is 11.8. The molecule has 0 atom stereocenters. The van der Waals surface area contributed by atoms with Gasteiger partial charge in [0.15, 0.2) is 0 Å². The maximum absolute atomic E-state index is 5.93. The minimum absolute atomic E-state index is 0.629.